The van der Waals surface area contributed by atoms with Gasteiger partial charge in [0.1, 0.15) is 18.2 Å². The van der Waals surface area contributed by atoms with E-state index >= 15 is 0 Å². The van der Waals surface area contributed by atoms with E-state index in [2.05, 4.69) is 20.5 Å². The Bertz CT molecular complexity index is 956. The topological polar surface area (TPSA) is 98.9 Å². The van der Waals surface area contributed by atoms with Gasteiger partial charge < -0.3 is 10.0 Å². The molecule has 10 heteroatoms. The van der Waals surface area contributed by atoms with Crippen LogP contribution in [0.15, 0.2) is 41.8 Å². The van der Waals surface area contributed by atoms with Crippen molar-refractivity contribution in [3.05, 3.63) is 48.0 Å². The van der Waals surface area contributed by atoms with Crippen LogP contribution in [0.3, 0.4) is 0 Å². The molecule has 2 N–H and O–H groups in total. The van der Waals surface area contributed by atoms with Crippen LogP contribution in [0.4, 0.5) is 4.39 Å². The standard InChI is InChI=1S/C21H28FN7O2/c1-21(2,22)16-11-17-27(3)20(31)15(9-10-29(17)25-16)24-19(30)18-23-13-28(26-18)12-14-7-5-4-6-8-14/h4-8,13,15,17,19,24,30H,9-12H2,1-3H3. The zero-order valence-corrected chi connectivity index (χ0v) is 17.9. The lowest BCUT2D eigenvalue weighted by atomic mass is 10.0. The number of hydrogen-bond acceptors (Lipinski definition) is 7. The summed E-state index contributed by atoms with van der Waals surface area (Å²) < 4.78 is 16.0. The number of likely N-dealkylation sites (N-methyl/N-ethyl adjacent to an activating group) is 1. The number of aromatic nitrogens is 3. The average molecular weight is 430 g/mol. The smallest absolute Gasteiger partial charge is 0.241 e. The molecule has 1 saturated heterocycles. The van der Waals surface area contributed by atoms with Gasteiger partial charge in [-0.25, -0.2) is 14.1 Å². The maximum absolute atomic E-state index is 14.3. The molecule has 3 unspecified atom stereocenters. The Labute approximate surface area is 180 Å². The molecule has 1 aromatic heterocycles. The first-order valence-electron chi connectivity index (χ1n) is 10.4. The summed E-state index contributed by atoms with van der Waals surface area (Å²) >= 11 is 0. The molecule has 0 radical (unpaired) electrons. The molecule has 166 valence electrons. The van der Waals surface area contributed by atoms with Crippen molar-refractivity contribution in [2.45, 2.75) is 57.3 Å². The predicted molar refractivity (Wildman–Crippen MR) is 113 cm³/mol. The van der Waals surface area contributed by atoms with Gasteiger partial charge in [0, 0.05) is 20.0 Å². The van der Waals surface area contributed by atoms with Crippen LogP contribution in [-0.4, -0.2) is 72.9 Å². The van der Waals surface area contributed by atoms with Crippen molar-refractivity contribution in [1.29, 1.82) is 0 Å². The lowest BCUT2D eigenvalue weighted by molar-refractivity contribution is -0.136. The molecular weight excluding hydrogens is 401 g/mol. The number of aliphatic hydroxyl groups is 1. The maximum Gasteiger partial charge on any atom is 0.241 e. The molecule has 0 bridgehead atoms. The highest BCUT2D eigenvalue weighted by atomic mass is 19.1. The molecule has 1 amide bonds. The Morgan fingerprint density at radius 1 is 1.32 bits per heavy atom. The van der Waals surface area contributed by atoms with Gasteiger partial charge in [-0.2, -0.15) is 10.2 Å². The zero-order valence-electron chi connectivity index (χ0n) is 17.9. The van der Waals surface area contributed by atoms with E-state index < -0.39 is 17.9 Å². The first-order chi connectivity index (χ1) is 14.7. The van der Waals surface area contributed by atoms with Gasteiger partial charge >= 0.3 is 0 Å². The zero-order chi connectivity index (χ0) is 22.2. The number of nitrogens with zero attached hydrogens (tertiary/aromatic N) is 6. The Kier molecular flexibility index (Phi) is 5.76. The van der Waals surface area contributed by atoms with Gasteiger partial charge in [-0.15, -0.1) is 0 Å². The van der Waals surface area contributed by atoms with Crippen molar-refractivity contribution >= 4 is 11.6 Å². The maximum atomic E-state index is 14.3. The van der Waals surface area contributed by atoms with Crippen molar-refractivity contribution in [3.63, 3.8) is 0 Å². The number of benzene rings is 1. The Hall–Kier alpha value is -2.85. The minimum absolute atomic E-state index is 0.177. The van der Waals surface area contributed by atoms with Gasteiger partial charge in [-0.05, 0) is 25.8 Å². The first-order valence-corrected chi connectivity index (χ1v) is 10.4. The molecule has 0 saturated carbocycles. The molecule has 2 aliphatic heterocycles. The number of carbonyl (C=O) groups is 1. The minimum atomic E-state index is -1.52. The van der Waals surface area contributed by atoms with Crippen LogP contribution in [0.5, 0.6) is 0 Å². The van der Waals surface area contributed by atoms with Crippen molar-refractivity contribution in [3.8, 4) is 0 Å². The van der Waals surface area contributed by atoms with Crippen molar-refractivity contribution in [2.75, 3.05) is 13.6 Å². The molecule has 3 heterocycles. The number of hydrazone groups is 1. The second-order valence-electron chi connectivity index (χ2n) is 8.51. The van der Waals surface area contributed by atoms with Gasteiger partial charge in [0.05, 0.1) is 18.3 Å². The number of aliphatic hydroxyl groups excluding tert-OH is 1. The molecule has 3 atom stereocenters. The van der Waals surface area contributed by atoms with Gasteiger partial charge in [0.25, 0.3) is 0 Å². The lowest BCUT2D eigenvalue weighted by Crippen LogP contribution is -2.49. The Balaban J connectivity index is 1.41. The van der Waals surface area contributed by atoms with Crippen LogP contribution >= 0.6 is 0 Å². The molecule has 0 aliphatic carbocycles. The third-order valence-corrected chi connectivity index (χ3v) is 5.74. The average Bonchev–Trinajstić information content (AvgIpc) is 3.35. The summed E-state index contributed by atoms with van der Waals surface area (Å²) in [5.41, 5.74) is -0.00977. The summed E-state index contributed by atoms with van der Waals surface area (Å²) in [5, 5.41) is 24.0. The van der Waals surface area contributed by atoms with Crippen LogP contribution in [0.25, 0.3) is 0 Å². The van der Waals surface area contributed by atoms with E-state index in [4.69, 9.17) is 0 Å². The fourth-order valence-electron chi connectivity index (χ4n) is 3.92. The largest absolute Gasteiger partial charge is 0.371 e. The number of rotatable bonds is 6. The van der Waals surface area contributed by atoms with Crippen LogP contribution < -0.4 is 5.32 Å². The monoisotopic (exact) mass is 429 g/mol. The fraction of sp³-hybridized carbons (Fsp3) is 0.524. The summed E-state index contributed by atoms with van der Waals surface area (Å²) in [5.74, 6) is 0.0269. The second kappa shape index (κ2) is 8.35. The van der Waals surface area contributed by atoms with Gasteiger partial charge in [0.15, 0.2) is 12.1 Å². The van der Waals surface area contributed by atoms with E-state index in [0.29, 0.717) is 31.6 Å². The molecule has 2 aromatic rings. The summed E-state index contributed by atoms with van der Waals surface area (Å²) in [6, 6.07) is 9.19. The molecule has 1 aromatic carbocycles. The minimum Gasteiger partial charge on any atom is -0.371 e. The third-order valence-electron chi connectivity index (χ3n) is 5.74. The first kappa shape index (κ1) is 21.4. The molecule has 1 fully saturated rings. The summed E-state index contributed by atoms with van der Waals surface area (Å²) in [6.45, 7) is 3.96. The summed E-state index contributed by atoms with van der Waals surface area (Å²) in [6.07, 6.45) is 0.845. The van der Waals surface area contributed by atoms with Crippen molar-refractivity contribution < 1.29 is 14.3 Å². The number of halogens is 1. The number of carbonyl (C=O) groups excluding carboxylic acids is 1. The molecule has 2 aliphatic rings. The van der Waals surface area contributed by atoms with Gasteiger partial charge in [0.2, 0.25) is 5.91 Å². The van der Waals surface area contributed by atoms with Crippen LogP contribution in [-0.2, 0) is 11.3 Å². The summed E-state index contributed by atoms with van der Waals surface area (Å²) in [4.78, 5) is 18.7. The number of amides is 1. The molecule has 31 heavy (non-hydrogen) atoms. The van der Waals surface area contributed by atoms with Gasteiger partial charge in [-0.3, -0.25) is 15.1 Å². The van der Waals surface area contributed by atoms with Crippen molar-refractivity contribution in [2.24, 2.45) is 5.10 Å². The second-order valence-corrected chi connectivity index (χ2v) is 8.51. The van der Waals surface area contributed by atoms with E-state index in [1.54, 1.807) is 28.0 Å². The number of nitrogens with one attached hydrogen (secondary N) is 1. The highest BCUT2D eigenvalue weighted by molar-refractivity contribution is 5.94. The van der Waals surface area contributed by atoms with Crippen LogP contribution in [0.2, 0.25) is 0 Å². The predicted octanol–water partition coefficient (Wildman–Crippen LogP) is 1.27. The lowest BCUT2D eigenvalue weighted by Gasteiger charge is -2.29. The Morgan fingerprint density at radius 3 is 2.77 bits per heavy atom. The molecule has 0 spiro atoms. The van der Waals surface area contributed by atoms with E-state index in [-0.39, 0.29) is 17.9 Å². The highest BCUT2D eigenvalue weighted by Crippen LogP contribution is 2.29. The van der Waals surface area contributed by atoms with Crippen molar-refractivity contribution in [1.82, 2.24) is 30.0 Å². The van der Waals surface area contributed by atoms with E-state index in [1.807, 2.05) is 30.3 Å². The molecule has 9 nitrogen and oxygen atoms in total. The Morgan fingerprint density at radius 2 is 2.06 bits per heavy atom. The number of fused-ring (bicyclic) bond motifs is 1. The van der Waals surface area contributed by atoms with Crippen LogP contribution in [0, 0.1) is 0 Å². The highest BCUT2D eigenvalue weighted by Gasteiger charge is 2.42. The third kappa shape index (κ3) is 4.59. The van der Waals surface area contributed by atoms with E-state index in [0.717, 1.165) is 5.56 Å². The quantitative estimate of drug-likeness (QED) is 0.671. The normalized spacial score (nSPS) is 22.9. The van der Waals surface area contributed by atoms with E-state index in [9.17, 15) is 14.3 Å². The van der Waals surface area contributed by atoms with E-state index in [1.165, 1.54) is 13.8 Å². The summed E-state index contributed by atoms with van der Waals surface area (Å²) in [7, 11) is 1.68. The molecule has 4 rings (SSSR count). The SMILES string of the molecule is CN1C(=O)C(NC(O)c2ncn(Cc3ccccc3)n2)CCN2N=C(C(C)(C)F)CC21. The van der Waals surface area contributed by atoms with Crippen LogP contribution in [0.1, 0.15) is 44.3 Å². The molecular formula is C21H28FN7O2. The number of alkyl halides is 1. The fourth-order valence-corrected chi connectivity index (χ4v) is 3.92. The number of hydrogen-bond donors (Lipinski definition) is 2. The van der Waals surface area contributed by atoms with Gasteiger partial charge in [-0.1, -0.05) is 30.3 Å².